The van der Waals surface area contributed by atoms with Crippen LogP contribution in [0, 0.1) is 20.8 Å². The molecule has 0 aliphatic carbocycles. The fraction of sp³-hybridized carbons (Fsp3) is 0.294. The van der Waals surface area contributed by atoms with Crippen molar-refractivity contribution in [1.29, 1.82) is 0 Å². The van der Waals surface area contributed by atoms with Crippen LogP contribution < -0.4 is 5.32 Å². The molecule has 22 heavy (non-hydrogen) atoms. The number of aryl methyl sites for hydroxylation is 2. The van der Waals surface area contributed by atoms with Crippen LogP contribution in [0.15, 0.2) is 34.9 Å². The van der Waals surface area contributed by atoms with Gasteiger partial charge in [-0.15, -0.1) is 0 Å². The molecule has 0 unspecified atom stereocenters. The van der Waals surface area contributed by atoms with Crippen molar-refractivity contribution in [3.63, 3.8) is 0 Å². The molecule has 1 aromatic heterocycles. The molecule has 0 saturated heterocycles. The Morgan fingerprint density at radius 1 is 1.14 bits per heavy atom. The molecule has 0 saturated carbocycles. The van der Waals surface area contributed by atoms with E-state index in [-0.39, 0.29) is 24.1 Å². The van der Waals surface area contributed by atoms with Gasteiger partial charge in [0.05, 0.1) is 12.8 Å². The molecule has 0 spiro atoms. The molecule has 5 heteroatoms. The van der Waals surface area contributed by atoms with Crippen molar-refractivity contribution in [1.82, 2.24) is 4.90 Å². The van der Waals surface area contributed by atoms with Crippen LogP contribution in [-0.2, 0) is 4.79 Å². The van der Waals surface area contributed by atoms with Gasteiger partial charge < -0.3 is 14.6 Å². The van der Waals surface area contributed by atoms with Gasteiger partial charge in [0, 0.05) is 18.3 Å². The van der Waals surface area contributed by atoms with Gasteiger partial charge in [0.25, 0.3) is 5.91 Å². The van der Waals surface area contributed by atoms with E-state index in [1.54, 1.807) is 20.0 Å². The van der Waals surface area contributed by atoms with E-state index in [4.69, 9.17) is 4.42 Å². The smallest absolute Gasteiger partial charge is 0.290 e. The topological polar surface area (TPSA) is 62.6 Å². The number of anilines is 1. The van der Waals surface area contributed by atoms with Crippen LogP contribution >= 0.6 is 0 Å². The van der Waals surface area contributed by atoms with E-state index in [1.165, 1.54) is 11.2 Å². The lowest BCUT2D eigenvalue weighted by Gasteiger charge is -2.17. The van der Waals surface area contributed by atoms with E-state index >= 15 is 0 Å². The standard InChI is InChI=1S/C17H20N2O3/c1-11-6-5-7-14(13(11)3)18-15(20)10-19(4)17(21)16-12(2)8-9-22-16/h5-9H,10H2,1-4H3,(H,18,20). The van der Waals surface area contributed by atoms with Crippen LogP contribution in [0.2, 0.25) is 0 Å². The van der Waals surface area contributed by atoms with Gasteiger partial charge in [-0.3, -0.25) is 9.59 Å². The summed E-state index contributed by atoms with van der Waals surface area (Å²) in [5.74, 6) is -0.283. The molecule has 0 fully saturated rings. The van der Waals surface area contributed by atoms with Crippen molar-refractivity contribution < 1.29 is 14.0 Å². The quantitative estimate of drug-likeness (QED) is 0.944. The lowest BCUT2D eigenvalue weighted by atomic mass is 10.1. The second-order valence-electron chi connectivity index (χ2n) is 5.39. The second-order valence-corrected chi connectivity index (χ2v) is 5.39. The Morgan fingerprint density at radius 3 is 2.50 bits per heavy atom. The largest absolute Gasteiger partial charge is 0.459 e. The summed E-state index contributed by atoms with van der Waals surface area (Å²) in [6, 6.07) is 7.44. The molecule has 0 radical (unpaired) electrons. The number of nitrogens with one attached hydrogen (secondary N) is 1. The van der Waals surface area contributed by atoms with Crippen molar-refractivity contribution >= 4 is 17.5 Å². The van der Waals surface area contributed by atoms with Gasteiger partial charge in [0.1, 0.15) is 0 Å². The number of benzene rings is 1. The van der Waals surface area contributed by atoms with Crippen LogP contribution in [-0.4, -0.2) is 30.3 Å². The number of rotatable bonds is 4. The number of furan rings is 1. The minimum Gasteiger partial charge on any atom is -0.459 e. The first-order chi connectivity index (χ1) is 10.4. The van der Waals surface area contributed by atoms with Gasteiger partial charge in [-0.1, -0.05) is 12.1 Å². The van der Waals surface area contributed by atoms with Crippen LogP contribution in [0.25, 0.3) is 0 Å². The summed E-state index contributed by atoms with van der Waals surface area (Å²) in [5.41, 5.74) is 3.65. The third-order valence-electron chi connectivity index (χ3n) is 3.66. The number of nitrogens with zero attached hydrogens (tertiary/aromatic N) is 1. The van der Waals surface area contributed by atoms with Gasteiger partial charge >= 0.3 is 0 Å². The van der Waals surface area contributed by atoms with Crippen molar-refractivity contribution in [3.8, 4) is 0 Å². The average Bonchev–Trinajstić information content (AvgIpc) is 2.89. The molecule has 2 aromatic rings. The van der Waals surface area contributed by atoms with Crippen molar-refractivity contribution in [2.75, 3.05) is 18.9 Å². The first-order valence-electron chi connectivity index (χ1n) is 7.05. The number of carbonyl (C=O) groups is 2. The summed E-state index contributed by atoms with van der Waals surface area (Å²) in [4.78, 5) is 25.6. The predicted octanol–water partition coefficient (Wildman–Crippen LogP) is 2.92. The first kappa shape index (κ1) is 15.8. The summed E-state index contributed by atoms with van der Waals surface area (Å²) in [5, 5.41) is 2.83. The van der Waals surface area contributed by atoms with Gasteiger partial charge in [-0.25, -0.2) is 0 Å². The predicted molar refractivity (Wildman–Crippen MR) is 85.0 cm³/mol. The Labute approximate surface area is 129 Å². The summed E-state index contributed by atoms with van der Waals surface area (Å²) >= 11 is 0. The molecule has 0 bridgehead atoms. The Balaban J connectivity index is 2.01. The number of hydrogen-bond acceptors (Lipinski definition) is 3. The molecule has 1 aromatic carbocycles. The number of carbonyl (C=O) groups excluding carboxylic acids is 2. The summed E-state index contributed by atoms with van der Waals surface area (Å²) < 4.78 is 5.16. The maximum atomic E-state index is 12.2. The van der Waals surface area contributed by atoms with Crippen LogP contribution in [0.1, 0.15) is 27.2 Å². The Hall–Kier alpha value is -2.56. The maximum absolute atomic E-state index is 12.2. The highest BCUT2D eigenvalue weighted by Gasteiger charge is 2.19. The van der Waals surface area contributed by atoms with E-state index in [1.807, 2.05) is 32.0 Å². The SMILES string of the molecule is Cc1ccoc1C(=O)N(C)CC(=O)Nc1cccc(C)c1C. The third kappa shape index (κ3) is 3.36. The van der Waals surface area contributed by atoms with E-state index in [2.05, 4.69) is 5.32 Å². The molecule has 2 amide bonds. The van der Waals surface area contributed by atoms with E-state index in [0.29, 0.717) is 0 Å². The van der Waals surface area contributed by atoms with E-state index in [9.17, 15) is 9.59 Å². The highest BCUT2D eigenvalue weighted by atomic mass is 16.3. The molecule has 5 nitrogen and oxygen atoms in total. The highest BCUT2D eigenvalue weighted by molar-refractivity contribution is 5.98. The van der Waals surface area contributed by atoms with Gasteiger partial charge in [0.15, 0.2) is 5.76 Å². The maximum Gasteiger partial charge on any atom is 0.290 e. The summed E-state index contributed by atoms with van der Waals surface area (Å²) in [7, 11) is 1.58. The van der Waals surface area contributed by atoms with Gasteiger partial charge in [0.2, 0.25) is 5.91 Å². The van der Waals surface area contributed by atoms with Crippen LogP contribution in [0.3, 0.4) is 0 Å². The third-order valence-corrected chi connectivity index (χ3v) is 3.66. The van der Waals surface area contributed by atoms with Crippen LogP contribution in [0.4, 0.5) is 5.69 Å². The number of hydrogen-bond donors (Lipinski definition) is 1. The van der Waals surface area contributed by atoms with Crippen molar-refractivity contribution in [2.45, 2.75) is 20.8 Å². The second kappa shape index (κ2) is 6.47. The normalized spacial score (nSPS) is 10.4. The zero-order chi connectivity index (χ0) is 16.3. The molecule has 1 heterocycles. The van der Waals surface area contributed by atoms with Crippen LogP contribution in [0.5, 0.6) is 0 Å². The van der Waals surface area contributed by atoms with Gasteiger partial charge in [-0.2, -0.15) is 0 Å². The molecule has 0 aliphatic rings. The number of likely N-dealkylation sites (N-methyl/N-ethyl adjacent to an activating group) is 1. The fourth-order valence-corrected chi connectivity index (χ4v) is 2.13. The lowest BCUT2D eigenvalue weighted by Crippen LogP contribution is -2.35. The van der Waals surface area contributed by atoms with Gasteiger partial charge in [-0.05, 0) is 44.0 Å². The lowest BCUT2D eigenvalue weighted by molar-refractivity contribution is -0.116. The Morgan fingerprint density at radius 2 is 1.86 bits per heavy atom. The highest BCUT2D eigenvalue weighted by Crippen LogP contribution is 2.18. The number of amides is 2. The molecule has 2 rings (SSSR count). The molecular formula is C17H20N2O3. The zero-order valence-corrected chi connectivity index (χ0v) is 13.3. The average molecular weight is 300 g/mol. The Bertz CT molecular complexity index is 704. The Kier molecular flexibility index (Phi) is 4.65. The zero-order valence-electron chi connectivity index (χ0n) is 13.3. The fourth-order valence-electron chi connectivity index (χ4n) is 2.13. The van der Waals surface area contributed by atoms with E-state index < -0.39 is 0 Å². The molecule has 0 aliphatic heterocycles. The molecule has 1 N–H and O–H groups in total. The minimum absolute atomic E-state index is 0.0354. The molecule has 116 valence electrons. The minimum atomic E-state index is -0.307. The molecule has 0 atom stereocenters. The summed E-state index contributed by atoms with van der Waals surface area (Å²) in [6.07, 6.45) is 1.46. The first-order valence-corrected chi connectivity index (χ1v) is 7.05. The van der Waals surface area contributed by atoms with Crippen molar-refractivity contribution in [3.05, 3.63) is 53.0 Å². The van der Waals surface area contributed by atoms with Crippen molar-refractivity contribution in [2.24, 2.45) is 0 Å². The molecular weight excluding hydrogens is 280 g/mol. The summed E-state index contributed by atoms with van der Waals surface area (Å²) in [6.45, 7) is 5.69. The van der Waals surface area contributed by atoms with E-state index in [0.717, 1.165) is 22.4 Å². The monoisotopic (exact) mass is 300 g/mol.